The fraction of sp³-hybridized carbons (Fsp3) is 0.353. The van der Waals surface area contributed by atoms with Gasteiger partial charge in [-0.05, 0) is 25.0 Å². The smallest absolute Gasteiger partial charge is 0.241 e. The fourth-order valence-corrected chi connectivity index (χ4v) is 2.08. The monoisotopic (exact) mass is 314 g/mol. The highest BCUT2D eigenvalue weighted by atomic mass is 16.3. The lowest BCUT2D eigenvalue weighted by atomic mass is 10.1. The third-order valence-corrected chi connectivity index (χ3v) is 3.37. The van der Waals surface area contributed by atoms with E-state index < -0.39 is 0 Å². The number of aromatic nitrogens is 3. The first-order valence-electron chi connectivity index (χ1n) is 7.68. The molecule has 0 bridgehead atoms. The van der Waals surface area contributed by atoms with Gasteiger partial charge >= 0.3 is 0 Å². The van der Waals surface area contributed by atoms with Crippen molar-refractivity contribution < 1.29 is 9.90 Å². The number of amides is 1. The molecule has 0 aliphatic rings. The SMILES string of the molecule is CCCNC(=O)Cn1nnc(CO)c1/C=C/c1ccc(C)cc1. The van der Waals surface area contributed by atoms with Crippen molar-refractivity contribution >= 4 is 18.1 Å². The van der Waals surface area contributed by atoms with E-state index in [4.69, 9.17) is 0 Å². The first-order chi connectivity index (χ1) is 11.1. The zero-order chi connectivity index (χ0) is 16.7. The largest absolute Gasteiger partial charge is 0.390 e. The van der Waals surface area contributed by atoms with Gasteiger partial charge in [0.25, 0.3) is 0 Å². The highest BCUT2D eigenvalue weighted by Crippen LogP contribution is 2.12. The molecule has 2 rings (SSSR count). The van der Waals surface area contributed by atoms with E-state index in [9.17, 15) is 9.90 Å². The minimum atomic E-state index is -0.218. The standard InChI is InChI=1S/C17H22N4O2/c1-3-10-18-17(23)11-21-16(15(12-22)19-20-21)9-8-14-6-4-13(2)5-7-14/h4-9,22H,3,10-12H2,1-2H3,(H,18,23)/b9-8+. The van der Waals surface area contributed by atoms with E-state index in [-0.39, 0.29) is 19.1 Å². The fourth-order valence-electron chi connectivity index (χ4n) is 2.08. The number of aliphatic hydroxyl groups is 1. The van der Waals surface area contributed by atoms with E-state index in [1.807, 2.05) is 50.3 Å². The summed E-state index contributed by atoms with van der Waals surface area (Å²) in [5.41, 5.74) is 3.32. The van der Waals surface area contributed by atoms with Gasteiger partial charge in [0.15, 0.2) is 0 Å². The normalized spacial score (nSPS) is 11.1. The number of hydrogen-bond acceptors (Lipinski definition) is 4. The summed E-state index contributed by atoms with van der Waals surface area (Å²) in [5, 5.41) is 20.1. The van der Waals surface area contributed by atoms with Crippen LogP contribution < -0.4 is 5.32 Å². The lowest BCUT2D eigenvalue weighted by Crippen LogP contribution is -2.29. The zero-order valence-electron chi connectivity index (χ0n) is 13.5. The molecule has 0 unspecified atom stereocenters. The summed E-state index contributed by atoms with van der Waals surface area (Å²) in [6, 6.07) is 8.07. The molecule has 2 N–H and O–H groups in total. The maximum absolute atomic E-state index is 11.8. The van der Waals surface area contributed by atoms with Gasteiger partial charge in [-0.15, -0.1) is 5.10 Å². The van der Waals surface area contributed by atoms with E-state index in [2.05, 4.69) is 15.6 Å². The summed E-state index contributed by atoms with van der Waals surface area (Å²) >= 11 is 0. The summed E-state index contributed by atoms with van der Waals surface area (Å²) in [4.78, 5) is 11.8. The van der Waals surface area contributed by atoms with Crippen molar-refractivity contribution in [3.8, 4) is 0 Å². The van der Waals surface area contributed by atoms with E-state index in [1.54, 1.807) is 0 Å². The number of carbonyl (C=O) groups excluding carboxylic acids is 1. The molecule has 6 heteroatoms. The van der Waals surface area contributed by atoms with Crippen LogP contribution in [0, 0.1) is 6.92 Å². The number of rotatable bonds is 7. The lowest BCUT2D eigenvalue weighted by Gasteiger charge is -2.05. The molecule has 0 saturated carbocycles. The van der Waals surface area contributed by atoms with Crippen LogP contribution in [-0.2, 0) is 17.9 Å². The van der Waals surface area contributed by atoms with Crippen LogP contribution in [0.3, 0.4) is 0 Å². The van der Waals surface area contributed by atoms with Crippen molar-refractivity contribution in [1.82, 2.24) is 20.3 Å². The topological polar surface area (TPSA) is 80.0 Å². The van der Waals surface area contributed by atoms with Crippen LogP contribution in [0.4, 0.5) is 0 Å². The number of carbonyl (C=O) groups is 1. The van der Waals surface area contributed by atoms with E-state index >= 15 is 0 Å². The summed E-state index contributed by atoms with van der Waals surface area (Å²) < 4.78 is 1.50. The molecule has 0 fully saturated rings. The Morgan fingerprint density at radius 1 is 1.30 bits per heavy atom. The molecular weight excluding hydrogens is 292 g/mol. The summed E-state index contributed by atoms with van der Waals surface area (Å²) in [6.45, 7) is 4.53. The summed E-state index contributed by atoms with van der Waals surface area (Å²) in [5.74, 6) is -0.119. The molecule has 23 heavy (non-hydrogen) atoms. The lowest BCUT2D eigenvalue weighted by molar-refractivity contribution is -0.121. The van der Waals surface area contributed by atoms with Crippen LogP contribution >= 0.6 is 0 Å². The van der Waals surface area contributed by atoms with Crippen molar-refractivity contribution in [1.29, 1.82) is 0 Å². The Bertz CT molecular complexity index is 674. The first kappa shape index (κ1) is 16.9. The minimum absolute atomic E-state index is 0.0839. The van der Waals surface area contributed by atoms with Gasteiger partial charge in [0.1, 0.15) is 12.2 Å². The van der Waals surface area contributed by atoms with Gasteiger partial charge in [-0.3, -0.25) is 4.79 Å². The zero-order valence-corrected chi connectivity index (χ0v) is 13.5. The molecule has 1 aromatic heterocycles. The molecule has 0 aliphatic carbocycles. The van der Waals surface area contributed by atoms with E-state index in [0.29, 0.717) is 17.9 Å². The number of aryl methyl sites for hydroxylation is 1. The Kier molecular flexibility index (Phi) is 6.05. The third kappa shape index (κ3) is 4.75. The predicted molar refractivity (Wildman–Crippen MR) is 89.4 cm³/mol. The Balaban J connectivity index is 2.17. The van der Waals surface area contributed by atoms with Gasteiger partial charge in [0.05, 0.1) is 12.3 Å². The first-order valence-corrected chi connectivity index (χ1v) is 7.68. The molecule has 2 aromatic rings. The van der Waals surface area contributed by atoms with Crippen LogP contribution in [0.15, 0.2) is 24.3 Å². The van der Waals surface area contributed by atoms with Crippen molar-refractivity contribution in [2.75, 3.05) is 6.54 Å². The maximum atomic E-state index is 11.8. The maximum Gasteiger partial charge on any atom is 0.241 e. The number of aliphatic hydroxyl groups excluding tert-OH is 1. The van der Waals surface area contributed by atoms with Crippen molar-refractivity contribution in [3.05, 3.63) is 46.8 Å². The quantitative estimate of drug-likeness (QED) is 0.816. The van der Waals surface area contributed by atoms with E-state index in [0.717, 1.165) is 12.0 Å². The highest BCUT2D eigenvalue weighted by molar-refractivity contribution is 5.76. The molecular formula is C17H22N4O2. The summed E-state index contributed by atoms with van der Waals surface area (Å²) in [6.07, 6.45) is 4.62. The summed E-state index contributed by atoms with van der Waals surface area (Å²) in [7, 11) is 0. The van der Waals surface area contributed by atoms with Crippen LogP contribution in [0.25, 0.3) is 12.2 Å². The number of nitrogens with one attached hydrogen (secondary N) is 1. The second-order valence-electron chi connectivity index (χ2n) is 5.33. The second-order valence-corrected chi connectivity index (χ2v) is 5.33. The third-order valence-electron chi connectivity index (χ3n) is 3.37. The average Bonchev–Trinajstić information content (AvgIpc) is 2.94. The molecule has 6 nitrogen and oxygen atoms in total. The van der Waals surface area contributed by atoms with Gasteiger partial charge in [0.2, 0.25) is 5.91 Å². The van der Waals surface area contributed by atoms with Crippen LogP contribution in [0.2, 0.25) is 0 Å². The van der Waals surface area contributed by atoms with Gasteiger partial charge in [0, 0.05) is 6.54 Å². The molecule has 0 saturated heterocycles. The average molecular weight is 314 g/mol. The van der Waals surface area contributed by atoms with Crippen LogP contribution in [0.1, 0.15) is 35.9 Å². The molecule has 1 heterocycles. The molecule has 0 radical (unpaired) electrons. The van der Waals surface area contributed by atoms with Crippen molar-refractivity contribution in [3.63, 3.8) is 0 Å². The van der Waals surface area contributed by atoms with Gasteiger partial charge < -0.3 is 10.4 Å². The van der Waals surface area contributed by atoms with Crippen LogP contribution in [-0.4, -0.2) is 32.6 Å². The molecule has 0 aliphatic heterocycles. The molecule has 0 atom stereocenters. The van der Waals surface area contributed by atoms with E-state index in [1.165, 1.54) is 10.2 Å². The molecule has 122 valence electrons. The number of benzene rings is 1. The number of hydrogen-bond donors (Lipinski definition) is 2. The Labute approximate surface area is 135 Å². The Morgan fingerprint density at radius 3 is 2.70 bits per heavy atom. The van der Waals surface area contributed by atoms with Crippen molar-refractivity contribution in [2.45, 2.75) is 33.4 Å². The number of nitrogens with zero attached hydrogens (tertiary/aromatic N) is 3. The molecule has 1 amide bonds. The van der Waals surface area contributed by atoms with Gasteiger partial charge in [-0.2, -0.15) is 0 Å². The Hall–Kier alpha value is -2.47. The molecule has 0 spiro atoms. The predicted octanol–water partition coefficient (Wildman–Crippen LogP) is 1.78. The van der Waals surface area contributed by atoms with Crippen LogP contribution in [0.5, 0.6) is 0 Å². The highest BCUT2D eigenvalue weighted by Gasteiger charge is 2.12. The Morgan fingerprint density at radius 2 is 2.04 bits per heavy atom. The molecule has 1 aromatic carbocycles. The van der Waals surface area contributed by atoms with Crippen molar-refractivity contribution in [2.24, 2.45) is 0 Å². The van der Waals surface area contributed by atoms with Gasteiger partial charge in [-0.1, -0.05) is 48.0 Å². The van der Waals surface area contributed by atoms with Gasteiger partial charge in [-0.25, -0.2) is 4.68 Å². The second kappa shape index (κ2) is 8.24. The minimum Gasteiger partial charge on any atom is -0.390 e.